The van der Waals surface area contributed by atoms with Gasteiger partial charge >= 0.3 is 0 Å². The summed E-state index contributed by atoms with van der Waals surface area (Å²) < 4.78 is 19.3. The molecule has 0 aliphatic carbocycles. The Hall–Kier alpha value is -0.390. The highest BCUT2D eigenvalue weighted by Crippen LogP contribution is 2.01. The molecule has 0 fully saturated rings. The minimum atomic E-state index is -1.99. The Morgan fingerprint density at radius 1 is 1.88 bits per heavy atom. The molecule has 5 heteroatoms. The van der Waals surface area contributed by atoms with Crippen LogP contribution >= 0.6 is 0 Å². The molecule has 0 bridgehead atoms. The molecule has 0 spiro atoms. The molecule has 0 saturated carbocycles. The van der Waals surface area contributed by atoms with E-state index in [1.54, 1.807) is 6.08 Å². The van der Waals surface area contributed by atoms with E-state index in [9.17, 15) is 4.21 Å². The van der Waals surface area contributed by atoms with E-state index in [0.717, 1.165) is 4.47 Å². The Kier molecular flexibility index (Phi) is 1.62. The van der Waals surface area contributed by atoms with Gasteiger partial charge in [0.05, 0.1) is 6.54 Å². The zero-order chi connectivity index (χ0) is 5.98. The number of nitrogens with zero attached hydrogens (tertiary/aromatic N) is 1. The van der Waals surface area contributed by atoms with Gasteiger partial charge in [0.15, 0.2) is 0 Å². The van der Waals surface area contributed by atoms with Crippen molar-refractivity contribution in [2.24, 2.45) is 0 Å². The van der Waals surface area contributed by atoms with Crippen molar-refractivity contribution in [1.29, 1.82) is 0 Å². The van der Waals surface area contributed by atoms with Gasteiger partial charge < -0.3 is 4.84 Å². The van der Waals surface area contributed by atoms with Gasteiger partial charge in [0.25, 0.3) is 11.3 Å². The van der Waals surface area contributed by atoms with E-state index in [1.807, 2.05) is 0 Å². The molecule has 0 radical (unpaired) electrons. The van der Waals surface area contributed by atoms with Crippen LogP contribution < -0.4 is 0 Å². The molecule has 1 atom stereocenters. The largest absolute Gasteiger partial charge is 0.399 e. The van der Waals surface area contributed by atoms with Crippen LogP contribution in [-0.2, 0) is 16.1 Å². The minimum absolute atomic E-state index is 0.378. The number of rotatable bonds is 1. The molecule has 1 unspecified atom stereocenters. The van der Waals surface area contributed by atoms with Crippen molar-refractivity contribution in [1.82, 2.24) is 4.47 Å². The maximum absolute atomic E-state index is 10.1. The fourth-order valence-electron chi connectivity index (χ4n) is 0.384. The summed E-state index contributed by atoms with van der Waals surface area (Å²) in [5.41, 5.74) is 0. The SMILES string of the molecule is O=S(O)N1CC=CO1. The van der Waals surface area contributed by atoms with Gasteiger partial charge in [0.1, 0.15) is 6.26 Å². The molecule has 0 amide bonds. The maximum atomic E-state index is 10.1. The first-order valence-electron chi connectivity index (χ1n) is 2.01. The molecule has 1 aliphatic rings. The van der Waals surface area contributed by atoms with Crippen molar-refractivity contribution in [3.05, 3.63) is 12.3 Å². The van der Waals surface area contributed by atoms with Crippen LogP contribution in [0.3, 0.4) is 0 Å². The molecule has 0 saturated heterocycles. The average Bonchev–Trinajstić information content (AvgIpc) is 2.12. The molecule has 0 aromatic carbocycles. The Balaban J connectivity index is 2.41. The summed E-state index contributed by atoms with van der Waals surface area (Å²) in [4.78, 5) is 4.52. The predicted molar refractivity (Wildman–Crippen MR) is 27.7 cm³/mol. The molecule has 1 aliphatic heterocycles. The lowest BCUT2D eigenvalue weighted by Crippen LogP contribution is -2.19. The topological polar surface area (TPSA) is 49.8 Å². The first-order chi connectivity index (χ1) is 3.80. The van der Waals surface area contributed by atoms with Gasteiger partial charge in [-0.05, 0) is 10.5 Å². The second-order valence-electron chi connectivity index (χ2n) is 1.22. The van der Waals surface area contributed by atoms with Gasteiger partial charge in [-0.3, -0.25) is 4.55 Å². The Bertz CT molecular complexity index is 126. The lowest BCUT2D eigenvalue weighted by atomic mass is 10.7. The van der Waals surface area contributed by atoms with Crippen molar-refractivity contribution in [2.45, 2.75) is 0 Å². The summed E-state index contributed by atoms with van der Waals surface area (Å²) in [5, 5.41) is 0. The van der Waals surface area contributed by atoms with Crippen LogP contribution in [0.5, 0.6) is 0 Å². The van der Waals surface area contributed by atoms with E-state index in [0.29, 0.717) is 6.54 Å². The van der Waals surface area contributed by atoms with Gasteiger partial charge in [-0.25, -0.2) is 4.21 Å². The van der Waals surface area contributed by atoms with Gasteiger partial charge in [0, 0.05) is 0 Å². The fraction of sp³-hybridized carbons (Fsp3) is 0.333. The van der Waals surface area contributed by atoms with Crippen LogP contribution in [0.15, 0.2) is 12.3 Å². The highest BCUT2D eigenvalue weighted by atomic mass is 32.2. The molecule has 46 valence electrons. The normalized spacial score (nSPS) is 23.1. The lowest BCUT2D eigenvalue weighted by molar-refractivity contribution is 0.0143. The molecule has 4 nitrogen and oxygen atoms in total. The highest BCUT2D eigenvalue weighted by molar-refractivity contribution is 7.76. The third-order valence-corrected chi connectivity index (χ3v) is 1.29. The summed E-state index contributed by atoms with van der Waals surface area (Å²) in [6.45, 7) is 0.378. The first-order valence-corrected chi connectivity index (χ1v) is 3.07. The number of hydrogen-bond acceptors (Lipinski definition) is 2. The molecule has 0 aromatic rings. The second kappa shape index (κ2) is 2.25. The summed E-state index contributed by atoms with van der Waals surface area (Å²) in [6.07, 6.45) is 3.02. The van der Waals surface area contributed by atoms with E-state index < -0.39 is 11.3 Å². The van der Waals surface area contributed by atoms with Crippen LogP contribution in [0.2, 0.25) is 0 Å². The van der Waals surface area contributed by atoms with Gasteiger partial charge in [-0.1, -0.05) is 0 Å². The predicted octanol–water partition coefficient (Wildman–Crippen LogP) is -0.116. The summed E-state index contributed by atoms with van der Waals surface area (Å²) in [5.74, 6) is 0. The summed E-state index contributed by atoms with van der Waals surface area (Å²) in [7, 11) is 0. The monoisotopic (exact) mass is 135 g/mol. The Labute approximate surface area is 49.1 Å². The zero-order valence-electron chi connectivity index (χ0n) is 3.98. The van der Waals surface area contributed by atoms with E-state index in [-0.39, 0.29) is 0 Å². The molecule has 8 heavy (non-hydrogen) atoms. The van der Waals surface area contributed by atoms with Gasteiger partial charge in [0.2, 0.25) is 0 Å². The highest BCUT2D eigenvalue weighted by Gasteiger charge is 2.12. The minimum Gasteiger partial charge on any atom is -0.399 e. The van der Waals surface area contributed by atoms with Crippen molar-refractivity contribution in [3.63, 3.8) is 0 Å². The molecular weight excluding hydrogens is 130 g/mol. The Morgan fingerprint density at radius 2 is 2.62 bits per heavy atom. The van der Waals surface area contributed by atoms with E-state index in [4.69, 9.17) is 4.55 Å². The van der Waals surface area contributed by atoms with Crippen molar-refractivity contribution < 1.29 is 13.6 Å². The number of hydroxylamine groups is 1. The zero-order valence-corrected chi connectivity index (χ0v) is 4.80. The van der Waals surface area contributed by atoms with Crippen molar-refractivity contribution in [2.75, 3.05) is 6.54 Å². The lowest BCUT2D eigenvalue weighted by Gasteiger charge is -2.05. The summed E-state index contributed by atoms with van der Waals surface area (Å²) in [6, 6.07) is 0. The standard InChI is InChI=1S/C3H5NO3S/c5-8(6)4-2-1-3-7-4/h1,3H,2H2,(H,5,6). The number of hydrogen-bond donors (Lipinski definition) is 1. The fourth-order valence-corrected chi connectivity index (χ4v) is 0.721. The average molecular weight is 135 g/mol. The van der Waals surface area contributed by atoms with Crippen molar-refractivity contribution in [3.8, 4) is 0 Å². The van der Waals surface area contributed by atoms with Crippen molar-refractivity contribution >= 4 is 11.3 Å². The third-order valence-electron chi connectivity index (χ3n) is 0.703. The maximum Gasteiger partial charge on any atom is 0.269 e. The Morgan fingerprint density at radius 3 is 2.88 bits per heavy atom. The first kappa shape index (κ1) is 5.74. The third kappa shape index (κ3) is 1.06. The quantitative estimate of drug-likeness (QED) is 0.510. The van der Waals surface area contributed by atoms with Crippen LogP contribution in [0, 0.1) is 0 Å². The van der Waals surface area contributed by atoms with E-state index in [1.165, 1.54) is 6.26 Å². The van der Waals surface area contributed by atoms with Crippen LogP contribution in [0.4, 0.5) is 0 Å². The van der Waals surface area contributed by atoms with Crippen LogP contribution in [-0.4, -0.2) is 19.8 Å². The molecule has 1 rings (SSSR count). The van der Waals surface area contributed by atoms with Crippen LogP contribution in [0.25, 0.3) is 0 Å². The second-order valence-corrected chi connectivity index (χ2v) is 2.09. The molecule has 1 heterocycles. The summed E-state index contributed by atoms with van der Waals surface area (Å²) >= 11 is -1.99. The smallest absolute Gasteiger partial charge is 0.269 e. The van der Waals surface area contributed by atoms with Crippen LogP contribution in [0.1, 0.15) is 0 Å². The molecule has 0 aromatic heterocycles. The van der Waals surface area contributed by atoms with E-state index >= 15 is 0 Å². The molecule has 1 N–H and O–H groups in total. The van der Waals surface area contributed by atoms with Gasteiger partial charge in [-0.15, -0.1) is 0 Å². The molecular formula is C3H5NO3S. The van der Waals surface area contributed by atoms with E-state index in [2.05, 4.69) is 4.84 Å². The van der Waals surface area contributed by atoms with Gasteiger partial charge in [-0.2, -0.15) is 0 Å².